The van der Waals surface area contributed by atoms with Crippen LogP contribution in [0.3, 0.4) is 0 Å². The van der Waals surface area contributed by atoms with E-state index in [9.17, 15) is 4.79 Å². The molecule has 0 unspecified atom stereocenters. The summed E-state index contributed by atoms with van der Waals surface area (Å²) >= 11 is 0. The van der Waals surface area contributed by atoms with Gasteiger partial charge in [-0.1, -0.05) is 24.3 Å². The zero-order valence-corrected chi connectivity index (χ0v) is 10.7. The first-order valence-electron chi connectivity index (χ1n) is 5.77. The van der Waals surface area contributed by atoms with Gasteiger partial charge in [0.25, 0.3) is 0 Å². The van der Waals surface area contributed by atoms with Crippen LogP contribution in [0.25, 0.3) is 0 Å². The molecule has 0 aliphatic carbocycles. The highest BCUT2D eigenvalue weighted by Crippen LogP contribution is 2.33. The van der Waals surface area contributed by atoms with Gasteiger partial charge in [0, 0.05) is 0 Å². The van der Waals surface area contributed by atoms with Crippen LogP contribution in [0.2, 0.25) is 0 Å². The molecular weight excluding hydrogens is 226 g/mol. The average molecular weight is 245 g/mol. The first-order chi connectivity index (χ1) is 8.60. The van der Waals surface area contributed by atoms with Crippen LogP contribution in [0.15, 0.2) is 49.6 Å². The number of methoxy groups -OCH3 is 1. The quantitative estimate of drug-likeness (QED) is 0.751. The Morgan fingerprint density at radius 3 is 2.11 bits per heavy atom. The largest absolute Gasteiger partial charge is 0.497 e. The Bertz CT molecular complexity index is 424. The molecular formula is C15H19NO2. The predicted octanol–water partition coefficient (Wildman–Crippen LogP) is 2.57. The molecule has 0 saturated carbocycles. The second kappa shape index (κ2) is 6.05. The number of rotatable bonds is 7. The zero-order valence-electron chi connectivity index (χ0n) is 10.7. The Kier molecular flexibility index (Phi) is 4.72. The van der Waals surface area contributed by atoms with Crippen molar-refractivity contribution in [3.63, 3.8) is 0 Å². The van der Waals surface area contributed by atoms with Gasteiger partial charge in [0.1, 0.15) is 5.75 Å². The minimum absolute atomic E-state index is 0.368. The van der Waals surface area contributed by atoms with Gasteiger partial charge in [0.2, 0.25) is 5.91 Å². The molecule has 0 aliphatic heterocycles. The minimum Gasteiger partial charge on any atom is -0.497 e. The van der Waals surface area contributed by atoms with Crippen molar-refractivity contribution in [1.29, 1.82) is 0 Å². The number of carbonyl (C=O) groups excluding carboxylic acids is 1. The van der Waals surface area contributed by atoms with Gasteiger partial charge in [-0.25, -0.2) is 0 Å². The van der Waals surface area contributed by atoms with Gasteiger partial charge in [0.05, 0.1) is 12.5 Å². The summed E-state index contributed by atoms with van der Waals surface area (Å²) in [5.74, 6) is 0.377. The first-order valence-corrected chi connectivity index (χ1v) is 5.77. The van der Waals surface area contributed by atoms with Crippen molar-refractivity contribution >= 4 is 5.91 Å². The molecule has 18 heavy (non-hydrogen) atoms. The van der Waals surface area contributed by atoms with E-state index < -0.39 is 5.41 Å². The van der Waals surface area contributed by atoms with E-state index in [-0.39, 0.29) is 5.91 Å². The number of primary amides is 1. The van der Waals surface area contributed by atoms with Gasteiger partial charge in [-0.3, -0.25) is 4.79 Å². The van der Waals surface area contributed by atoms with Crippen molar-refractivity contribution in [2.75, 3.05) is 7.11 Å². The number of hydrogen-bond acceptors (Lipinski definition) is 2. The standard InChI is InChI=1S/C15H19NO2/c1-4-10-15(11-5-2,14(16)17)12-6-8-13(18-3)9-7-12/h4-9H,1-2,10-11H2,3H3,(H2,16,17). The SMILES string of the molecule is C=CCC(CC=C)(C(N)=O)c1ccc(OC)cc1. The summed E-state index contributed by atoms with van der Waals surface area (Å²) in [6.07, 6.45) is 4.39. The van der Waals surface area contributed by atoms with Crippen molar-refractivity contribution < 1.29 is 9.53 Å². The summed E-state index contributed by atoms with van der Waals surface area (Å²) in [5, 5.41) is 0. The van der Waals surface area contributed by atoms with E-state index >= 15 is 0 Å². The summed E-state index contributed by atoms with van der Waals surface area (Å²) in [5.41, 5.74) is 5.67. The van der Waals surface area contributed by atoms with Gasteiger partial charge in [-0.2, -0.15) is 0 Å². The Morgan fingerprint density at radius 1 is 1.28 bits per heavy atom. The summed E-state index contributed by atoms with van der Waals surface area (Å²) in [6.45, 7) is 7.41. The number of nitrogens with two attached hydrogens (primary N) is 1. The van der Waals surface area contributed by atoms with Crippen LogP contribution in [-0.4, -0.2) is 13.0 Å². The van der Waals surface area contributed by atoms with Crippen LogP contribution in [0.5, 0.6) is 5.75 Å². The maximum atomic E-state index is 11.9. The van der Waals surface area contributed by atoms with Gasteiger partial charge in [-0.05, 0) is 30.5 Å². The molecule has 1 aromatic carbocycles. The lowest BCUT2D eigenvalue weighted by atomic mass is 9.74. The fraction of sp³-hybridized carbons (Fsp3) is 0.267. The van der Waals surface area contributed by atoms with Crippen molar-refractivity contribution in [1.82, 2.24) is 0 Å². The molecule has 0 spiro atoms. The van der Waals surface area contributed by atoms with Crippen molar-refractivity contribution in [3.05, 3.63) is 55.1 Å². The Labute approximate surface area is 108 Å². The van der Waals surface area contributed by atoms with Gasteiger partial charge < -0.3 is 10.5 Å². The summed E-state index contributed by atoms with van der Waals surface area (Å²) in [4.78, 5) is 11.9. The van der Waals surface area contributed by atoms with Crippen LogP contribution in [0, 0.1) is 0 Å². The molecule has 0 saturated heterocycles. The lowest BCUT2D eigenvalue weighted by molar-refractivity contribution is -0.123. The van der Waals surface area contributed by atoms with E-state index in [1.54, 1.807) is 19.3 Å². The van der Waals surface area contributed by atoms with E-state index in [1.165, 1.54) is 0 Å². The highest BCUT2D eigenvalue weighted by Gasteiger charge is 2.36. The number of benzene rings is 1. The Morgan fingerprint density at radius 2 is 1.78 bits per heavy atom. The smallest absolute Gasteiger partial charge is 0.228 e. The number of carbonyl (C=O) groups is 1. The fourth-order valence-corrected chi connectivity index (χ4v) is 2.07. The topological polar surface area (TPSA) is 52.3 Å². The van der Waals surface area contributed by atoms with Crippen LogP contribution in [0.1, 0.15) is 18.4 Å². The molecule has 0 aliphatic rings. The van der Waals surface area contributed by atoms with Crippen LogP contribution in [-0.2, 0) is 10.2 Å². The molecule has 3 nitrogen and oxygen atoms in total. The Balaban J connectivity index is 3.25. The number of allylic oxidation sites excluding steroid dienone is 2. The highest BCUT2D eigenvalue weighted by molar-refractivity contribution is 5.87. The van der Waals surface area contributed by atoms with Crippen molar-refractivity contribution in [2.24, 2.45) is 5.73 Å². The first kappa shape index (κ1) is 14.0. The van der Waals surface area contributed by atoms with Gasteiger partial charge in [0.15, 0.2) is 0 Å². The molecule has 3 heteroatoms. The third kappa shape index (κ3) is 2.62. The number of amides is 1. The van der Waals surface area contributed by atoms with Gasteiger partial charge >= 0.3 is 0 Å². The lowest BCUT2D eigenvalue weighted by Crippen LogP contribution is -2.40. The van der Waals surface area contributed by atoms with E-state index in [4.69, 9.17) is 10.5 Å². The normalized spacial score (nSPS) is 10.7. The van der Waals surface area contributed by atoms with E-state index in [0.717, 1.165) is 11.3 Å². The van der Waals surface area contributed by atoms with E-state index in [2.05, 4.69) is 13.2 Å². The average Bonchev–Trinajstić information content (AvgIpc) is 2.38. The maximum absolute atomic E-state index is 11.9. The summed E-state index contributed by atoms with van der Waals surface area (Å²) in [7, 11) is 1.60. The molecule has 1 amide bonds. The minimum atomic E-state index is -0.768. The number of hydrogen-bond donors (Lipinski definition) is 1. The van der Waals surface area contributed by atoms with Crippen molar-refractivity contribution in [2.45, 2.75) is 18.3 Å². The Hall–Kier alpha value is -2.03. The number of ether oxygens (including phenoxy) is 1. The second-order valence-electron chi connectivity index (χ2n) is 4.16. The molecule has 1 aromatic rings. The molecule has 0 aromatic heterocycles. The van der Waals surface area contributed by atoms with Crippen LogP contribution >= 0.6 is 0 Å². The monoisotopic (exact) mass is 245 g/mol. The lowest BCUT2D eigenvalue weighted by Gasteiger charge is -2.29. The summed E-state index contributed by atoms with van der Waals surface area (Å²) in [6, 6.07) is 7.35. The predicted molar refractivity (Wildman–Crippen MR) is 73.5 cm³/mol. The molecule has 2 N–H and O–H groups in total. The van der Waals surface area contributed by atoms with E-state index in [1.807, 2.05) is 24.3 Å². The molecule has 0 fully saturated rings. The van der Waals surface area contributed by atoms with E-state index in [0.29, 0.717) is 12.8 Å². The molecule has 1 rings (SSSR count). The molecule has 0 atom stereocenters. The summed E-state index contributed by atoms with van der Waals surface area (Å²) < 4.78 is 5.11. The molecule has 0 heterocycles. The fourth-order valence-electron chi connectivity index (χ4n) is 2.07. The maximum Gasteiger partial charge on any atom is 0.228 e. The van der Waals surface area contributed by atoms with Crippen LogP contribution < -0.4 is 10.5 Å². The second-order valence-corrected chi connectivity index (χ2v) is 4.16. The molecule has 96 valence electrons. The van der Waals surface area contributed by atoms with Gasteiger partial charge in [-0.15, -0.1) is 13.2 Å². The zero-order chi connectivity index (χ0) is 13.6. The van der Waals surface area contributed by atoms with Crippen LogP contribution in [0.4, 0.5) is 0 Å². The third-order valence-electron chi connectivity index (χ3n) is 3.10. The van der Waals surface area contributed by atoms with Crippen molar-refractivity contribution in [3.8, 4) is 5.75 Å². The highest BCUT2D eigenvalue weighted by atomic mass is 16.5. The molecule has 0 bridgehead atoms. The third-order valence-corrected chi connectivity index (χ3v) is 3.10. The molecule has 0 radical (unpaired) electrons.